The zero-order valence-corrected chi connectivity index (χ0v) is 11.6. The monoisotopic (exact) mass is 249 g/mol. The summed E-state index contributed by atoms with van der Waals surface area (Å²) in [6, 6.07) is 1.79. The molecule has 4 nitrogen and oxygen atoms in total. The van der Waals surface area contributed by atoms with Crippen LogP contribution in [-0.4, -0.2) is 30.2 Å². The highest BCUT2D eigenvalue weighted by atomic mass is 16.5. The van der Waals surface area contributed by atoms with Crippen LogP contribution in [0.2, 0.25) is 0 Å². The lowest BCUT2D eigenvalue weighted by atomic mass is 9.87. The highest BCUT2D eigenvalue weighted by molar-refractivity contribution is 5.33. The highest BCUT2D eigenvalue weighted by Gasteiger charge is 2.28. The lowest BCUT2D eigenvalue weighted by Crippen LogP contribution is -2.24. The van der Waals surface area contributed by atoms with Crippen molar-refractivity contribution in [1.82, 2.24) is 9.97 Å². The van der Waals surface area contributed by atoms with E-state index >= 15 is 0 Å². The van der Waals surface area contributed by atoms with E-state index in [0.29, 0.717) is 5.88 Å². The molecule has 1 aliphatic heterocycles. The molecule has 18 heavy (non-hydrogen) atoms. The van der Waals surface area contributed by atoms with Gasteiger partial charge >= 0.3 is 0 Å². The van der Waals surface area contributed by atoms with Crippen molar-refractivity contribution in [3.8, 4) is 5.88 Å². The Bertz CT molecular complexity index is 379. The predicted octanol–water partition coefficient (Wildman–Crippen LogP) is 2.75. The van der Waals surface area contributed by atoms with Gasteiger partial charge in [-0.05, 0) is 18.3 Å². The molecule has 1 aromatic heterocycles. The van der Waals surface area contributed by atoms with Gasteiger partial charge in [-0.2, -0.15) is 4.98 Å². The molecule has 0 radical (unpaired) electrons. The summed E-state index contributed by atoms with van der Waals surface area (Å²) in [5.41, 5.74) is 0. The fourth-order valence-electron chi connectivity index (χ4n) is 2.91. The zero-order valence-electron chi connectivity index (χ0n) is 11.6. The molecule has 0 aliphatic carbocycles. The van der Waals surface area contributed by atoms with E-state index in [1.165, 1.54) is 19.3 Å². The Hall–Kier alpha value is -1.32. The number of ether oxygens (including phenoxy) is 1. The van der Waals surface area contributed by atoms with Gasteiger partial charge in [0.05, 0.1) is 7.11 Å². The molecule has 1 saturated heterocycles. The molecule has 2 rings (SSSR count). The number of rotatable bonds is 5. The van der Waals surface area contributed by atoms with Crippen LogP contribution in [0.4, 0.5) is 5.95 Å². The standard InChI is InChI=1S/C14H23N3O/c1-4-11(5-2)12-7-9-17(10-12)14-15-8-6-13(16-14)18-3/h6,8,11-12H,4-5,7,9-10H2,1-3H3. The van der Waals surface area contributed by atoms with Crippen molar-refractivity contribution in [2.75, 3.05) is 25.1 Å². The smallest absolute Gasteiger partial charge is 0.228 e. The lowest BCUT2D eigenvalue weighted by Gasteiger charge is -2.21. The molecular weight excluding hydrogens is 226 g/mol. The first-order chi connectivity index (χ1) is 8.78. The number of anilines is 1. The van der Waals surface area contributed by atoms with Crippen molar-refractivity contribution in [3.63, 3.8) is 0 Å². The molecule has 1 unspecified atom stereocenters. The van der Waals surface area contributed by atoms with Crippen LogP contribution in [0.5, 0.6) is 5.88 Å². The maximum absolute atomic E-state index is 5.15. The summed E-state index contributed by atoms with van der Waals surface area (Å²) in [6.07, 6.45) is 5.57. The molecule has 0 saturated carbocycles. The number of aromatic nitrogens is 2. The first kappa shape index (κ1) is 13.1. The average Bonchev–Trinajstić information content (AvgIpc) is 2.90. The zero-order chi connectivity index (χ0) is 13.0. The lowest BCUT2D eigenvalue weighted by molar-refractivity contribution is 0.338. The summed E-state index contributed by atoms with van der Waals surface area (Å²) in [5.74, 6) is 3.07. The van der Waals surface area contributed by atoms with Gasteiger partial charge in [-0.15, -0.1) is 0 Å². The fourth-order valence-corrected chi connectivity index (χ4v) is 2.91. The van der Waals surface area contributed by atoms with E-state index in [1.54, 1.807) is 19.4 Å². The fraction of sp³-hybridized carbons (Fsp3) is 0.714. The Kier molecular flexibility index (Phi) is 4.39. The van der Waals surface area contributed by atoms with Gasteiger partial charge in [0, 0.05) is 25.4 Å². The maximum Gasteiger partial charge on any atom is 0.228 e. The molecule has 1 fully saturated rings. The van der Waals surface area contributed by atoms with Crippen molar-refractivity contribution in [3.05, 3.63) is 12.3 Å². The number of hydrogen-bond donors (Lipinski definition) is 0. The summed E-state index contributed by atoms with van der Waals surface area (Å²) in [4.78, 5) is 11.0. The van der Waals surface area contributed by atoms with E-state index in [0.717, 1.165) is 30.9 Å². The van der Waals surface area contributed by atoms with Crippen molar-refractivity contribution in [1.29, 1.82) is 0 Å². The van der Waals surface area contributed by atoms with E-state index in [-0.39, 0.29) is 0 Å². The van der Waals surface area contributed by atoms with Crippen LogP contribution in [0.3, 0.4) is 0 Å². The summed E-state index contributed by atoms with van der Waals surface area (Å²) in [7, 11) is 1.64. The average molecular weight is 249 g/mol. The Morgan fingerprint density at radius 3 is 2.89 bits per heavy atom. The van der Waals surface area contributed by atoms with Gasteiger partial charge in [0.2, 0.25) is 11.8 Å². The molecule has 0 amide bonds. The van der Waals surface area contributed by atoms with Crippen LogP contribution in [0.1, 0.15) is 33.1 Å². The van der Waals surface area contributed by atoms with Gasteiger partial charge in [-0.1, -0.05) is 26.7 Å². The molecule has 0 aromatic carbocycles. The summed E-state index contributed by atoms with van der Waals surface area (Å²) >= 11 is 0. The Morgan fingerprint density at radius 2 is 2.22 bits per heavy atom. The van der Waals surface area contributed by atoms with Crippen LogP contribution < -0.4 is 9.64 Å². The van der Waals surface area contributed by atoms with E-state index in [9.17, 15) is 0 Å². The molecule has 0 spiro atoms. The highest BCUT2D eigenvalue weighted by Crippen LogP contribution is 2.30. The number of nitrogens with zero attached hydrogens (tertiary/aromatic N) is 3. The van der Waals surface area contributed by atoms with Crippen molar-refractivity contribution in [2.45, 2.75) is 33.1 Å². The summed E-state index contributed by atoms with van der Waals surface area (Å²) in [6.45, 7) is 6.73. The quantitative estimate of drug-likeness (QED) is 0.804. The Balaban J connectivity index is 2.03. The van der Waals surface area contributed by atoms with Gasteiger partial charge in [0.25, 0.3) is 0 Å². The van der Waals surface area contributed by atoms with Gasteiger partial charge in [0.1, 0.15) is 0 Å². The normalized spacial score (nSPS) is 19.6. The molecule has 1 aromatic rings. The minimum atomic E-state index is 0.644. The third kappa shape index (κ3) is 2.74. The van der Waals surface area contributed by atoms with Crippen molar-refractivity contribution in [2.24, 2.45) is 11.8 Å². The Labute approximate surface area is 109 Å². The molecule has 0 bridgehead atoms. The predicted molar refractivity (Wildman–Crippen MR) is 73.0 cm³/mol. The van der Waals surface area contributed by atoms with Crippen molar-refractivity contribution >= 4 is 5.95 Å². The molecule has 4 heteroatoms. The summed E-state index contributed by atoms with van der Waals surface area (Å²) in [5, 5.41) is 0. The Morgan fingerprint density at radius 1 is 1.44 bits per heavy atom. The second-order valence-corrected chi connectivity index (χ2v) is 4.97. The first-order valence-electron chi connectivity index (χ1n) is 6.90. The SMILES string of the molecule is CCC(CC)C1CCN(c2nccc(OC)n2)C1. The van der Waals surface area contributed by atoms with Crippen LogP contribution in [0, 0.1) is 11.8 Å². The van der Waals surface area contributed by atoms with Crippen LogP contribution in [0.15, 0.2) is 12.3 Å². The molecule has 100 valence electrons. The number of hydrogen-bond acceptors (Lipinski definition) is 4. The summed E-state index contributed by atoms with van der Waals surface area (Å²) < 4.78 is 5.15. The minimum absolute atomic E-state index is 0.644. The first-order valence-corrected chi connectivity index (χ1v) is 6.90. The van der Waals surface area contributed by atoms with Gasteiger partial charge in [-0.25, -0.2) is 4.98 Å². The molecule has 1 atom stereocenters. The second kappa shape index (κ2) is 6.03. The molecule has 0 N–H and O–H groups in total. The largest absolute Gasteiger partial charge is 0.481 e. The van der Waals surface area contributed by atoms with E-state index in [2.05, 4.69) is 28.7 Å². The third-order valence-corrected chi connectivity index (χ3v) is 4.05. The van der Waals surface area contributed by atoms with Gasteiger partial charge in [-0.3, -0.25) is 0 Å². The molecule has 1 aliphatic rings. The third-order valence-electron chi connectivity index (χ3n) is 4.05. The second-order valence-electron chi connectivity index (χ2n) is 4.97. The van der Waals surface area contributed by atoms with E-state index in [4.69, 9.17) is 4.74 Å². The maximum atomic E-state index is 5.15. The minimum Gasteiger partial charge on any atom is -0.481 e. The van der Waals surface area contributed by atoms with Gasteiger partial charge < -0.3 is 9.64 Å². The van der Waals surface area contributed by atoms with Crippen LogP contribution in [-0.2, 0) is 0 Å². The van der Waals surface area contributed by atoms with E-state index < -0.39 is 0 Å². The van der Waals surface area contributed by atoms with Gasteiger partial charge in [0.15, 0.2) is 0 Å². The molecule has 2 heterocycles. The van der Waals surface area contributed by atoms with Crippen LogP contribution >= 0.6 is 0 Å². The number of methoxy groups -OCH3 is 1. The molecular formula is C14H23N3O. The van der Waals surface area contributed by atoms with Crippen LogP contribution in [0.25, 0.3) is 0 Å². The van der Waals surface area contributed by atoms with E-state index in [1.807, 2.05) is 0 Å². The topological polar surface area (TPSA) is 38.2 Å². The van der Waals surface area contributed by atoms with Crippen molar-refractivity contribution < 1.29 is 4.74 Å².